The van der Waals surface area contributed by atoms with Crippen LogP contribution in [0.15, 0.2) is 30.7 Å². The summed E-state index contributed by atoms with van der Waals surface area (Å²) in [5.74, 6) is 1.63. The number of hydrogen-bond acceptors (Lipinski definition) is 6. The first-order chi connectivity index (χ1) is 14.0. The van der Waals surface area contributed by atoms with E-state index in [2.05, 4.69) is 25.3 Å². The molecule has 0 spiro atoms. The molecule has 1 aliphatic rings. The van der Waals surface area contributed by atoms with Gasteiger partial charge in [0.1, 0.15) is 11.9 Å². The van der Waals surface area contributed by atoms with Crippen LogP contribution in [0.25, 0.3) is 5.95 Å². The van der Waals surface area contributed by atoms with Gasteiger partial charge in [-0.25, -0.2) is 19.9 Å². The van der Waals surface area contributed by atoms with Crippen molar-refractivity contribution in [2.24, 2.45) is 0 Å². The van der Waals surface area contributed by atoms with Gasteiger partial charge in [-0.3, -0.25) is 9.36 Å². The molecule has 1 amide bonds. The van der Waals surface area contributed by atoms with Crippen LogP contribution in [-0.4, -0.2) is 36.5 Å². The molecule has 0 unspecified atom stereocenters. The topological polar surface area (TPSA) is 94.8 Å². The van der Waals surface area contributed by atoms with Crippen LogP contribution in [0.5, 0.6) is 5.88 Å². The number of rotatable bonds is 5. The van der Waals surface area contributed by atoms with Gasteiger partial charge in [-0.2, -0.15) is 0 Å². The summed E-state index contributed by atoms with van der Waals surface area (Å²) >= 11 is 0. The van der Waals surface area contributed by atoms with Crippen molar-refractivity contribution in [1.29, 1.82) is 0 Å². The molecule has 29 heavy (non-hydrogen) atoms. The Bertz CT molecular complexity index is 1000. The van der Waals surface area contributed by atoms with Gasteiger partial charge in [-0.05, 0) is 52.5 Å². The number of pyridine rings is 1. The first-order valence-electron chi connectivity index (χ1n) is 9.80. The van der Waals surface area contributed by atoms with Gasteiger partial charge in [0.15, 0.2) is 0 Å². The van der Waals surface area contributed by atoms with E-state index in [1.807, 2.05) is 25.3 Å². The molecule has 150 valence electrons. The van der Waals surface area contributed by atoms with Crippen LogP contribution in [0, 0.1) is 20.8 Å². The summed E-state index contributed by atoms with van der Waals surface area (Å²) in [6.07, 6.45) is 9.46. The van der Waals surface area contributed by atoms with Crippen molar-refractivity contribution < 1.29 is 9.53 Å². The number of anilines is 1. The smallest absolute Gasteiger partial charge is 0.257 e. The van der Waals surface area contributed by atoms with Crippen molar-refractivity contribution in [2.45, 2.75) is 52.6 Å². The fraction of sp³-hybridized carbons (Fsp3) is 0.381. The Morgan fingerprint density at radius 1 is 1.07 bits per heavy atom. The molecule has 0 bridgehead atoms. The molecule has 1 N–H and O–H groups in total. The maximum absolute atomic E-state index is 12.5. The van der Waals surface area contributed by atoms with E-state index in [0.717, 1.165) is 30.1 Å². The number of amides is 1. The predicted molar refractivity (Wildman–Crippen MR) is 108 cm³/mol. The summed E-state index contributed by atoms with van der Waals surface area (Å²) in [6.45, 7) is 5.83. The second-order valence-corrected chi connectivity index (χ2v) is 7.30. The summed E-state index contributed by atoms with van der Waals surface area (Å²) in [5, 5.41) is 2.79. The summed E-state index contributed by atoms with van der Waals surface area (Å²) in [6, 6.07) is 3.45. The minimum Gasteiger partial charge on any atom is -0.474 e. The third-order valence-corrected chi connectivity index (χ3v) is 5.20. The lowest BCUT2D eigenvalue weighted by molar-refractivity contribution is 0.102. The highest BCUT2D eigenvalue weighted by Crippen LogP contribution is 2.23. The van der Waals surface area contributed by atoms with E-state index in [1.54, 1.807) is 24.5 Å². The lowest BCUT2D eigenvalue weighted by atomic mass is 10.2. The number of nitrogens with zero attached hydrogens (tertiary/aromatic N) is 5. The van der Waals surface area contributed by atoms with Crippen molar-refractivity contribution in [1.82, 2.24) is 24.5 Å². The Morgan fingerprint density at radius 2 is 1.79 bits per heavy atom. The van der Waals surface area contributed by atoms with Crippen LogP contribution in [-0.2, 0) is 0 Å². The molecule has 0 aromatic carbocycles. The van der Waals surface area contributed by atoms with Crippen molar-refractivity contribution in [2.75, 3.05) is 5.32 Å². The Labute approximate surface area is 169 Å². The molecule has 1 fully saturated rings. The average molecular weight is 392 g/mol. The van der Waals surface area contributed by atoms with E-state index in [4.69, 9.17) is 4.74 Å². The number of aryl methyl sites for hydroxylation is 2. The molecule has 0 radical (unpaired) electrons. The van der Waals surface area contributed by atoms with Crippen LogP contribution in [0.4, 0.5) is 5.69 Å². The molecule has 8 nitrogen and oxygen atoms in total. The number of carbonyl (C=O) groups excluding carboxylic acids is 1. The molecule has 8 heteroatoms. The zero-order valence-electron chi connectivity index (χ0n) is 16.8. The highest BCUT2D eigenvalue weighted by atomic mass is 16.5. The highest BCUT2D eigenvalue weighted by Gasteiger charge is 2.17. The van der Waals surface area contributed by atoms with E-state index in [9.17, 15) is 4.79 Å². The largest absolute Gasteiger partial charge is 0.474 e. The standard InChI is InChI=1S/C21H24N6O2/c1-13-14(2)27(15(3)25-13)21-23-11-17(12-24-21)26-20(28)16-8-9-19(22-10-16)29-18-6-4-5-7-18/h8-12,18H,4-7H2,1-3H3,(H,26,28). The van der Waals surface area contributed by atoms with Crippen LogP contribution < -0.4 is 10.1 Å². The van der Waals surface area contributed by atoms with E-state index in [0.29, 0.717) is 23.1 Å². The fourth-order valence-corrected chi connectivity index (χ4v) is 3.54. The summed E-state index contributed by atoms with van der Waals surface area (Å²) in [4.78, 5) is 29.9. The fourth-order valence-electron chi connectivity index (χ4n) is 3.54. The molecule has 0 atom stereocenters. The number of carbonyl (C=O) groups is 1. The maximum atomic E-state index is 12.5. The second-order valence-electron chi connectivity index (χ2n) is 7.30. The monoisotopic (exact) mass is 392 g/mol. The molecule has 4 rings (SSSR count). The number of aromatic nitrogens is 5. The van der Waals surface area contributed by atoms with Crippen molar-refractivity contribution in [3.05, 3.63) is 53.5 Å². The van der Waals surface area contributed by atoms with Gasteiger partial charge >= 0.3 is 0 Å². The predicted octanol–water partition coefficient (Wildman–Crippen LogP) is 3.56. The molecular weight excluding hydrogens is 368 g/mol. The molecule has 3 aromatic heterocycles. The molecule has 3 aromatic rings. The highest BCUT2D eigenvalue weighted by molar-refractivity contribution is 6.03. The Balaban J connectivity index is 1.41. The minimum absolute atomic E-state index is 0.240. The summed E-state index contributed by atoms with van der Waals surface area (Å²) in [7, 11) is 0. The lowest BCUT2D eigenvalue weighted by Gasteiger charge is -2.12. The third kappa shape index (κ3) is 4.11. The third-order valence-electron chi connectivity index (χ3n) is 5.20. The second kappa shape index (κ2) is 7.98. The first kappa shape index (κ1) is 19.0. The van der Waals surface area contributed by atoms with Crippen LogP contribution in [0.3, 0.4) is 0 Å². The number of hydrogen-bond donors (Lipinski definition) is 1. The van der Waals surface area contributed by atoms with Gasteiger partial charge in [0.05, 0.1) is 29.3 Å². The Hall–Kier alpha value is -3.29. The van der Waals surface area contributed by atoms with Crippen molar-refractivity contribution >= 4 is 11.6 Å². The Kier molecular flexibility index (Phi) is 5.24. The van der Waals surface area contributed by atoms with Gasteiger partial charge in [0.25, 0.3) is 5.91 Å². The number of imidazole rings is 1. The maximum Gasteiger partial charge on any atom is 0.257 e. The van der Waals surface area contributed by atoms with Gasteiger partial charge in [0.2, 0.25) is 11.8 Å². The van der Waals surface area contributed by atoms with Crippen molar-refractivity contribution in [3.63, 3.8) is 0 Å². The molecular formula is C21H24N6O2. The van der Waals surface area contributed by atoms with Gasteiger partial charge < -0.3 is 10.1 Å². The van der Waals surface area contributed by atoms with E-state index >= 15 is 0 Å². The Morgan fingerprint density at radius 3 is 2.38 bits per heavy atom. The number of ether oxygens (including phenoxy) is 1. The minimum atomic E-state index is -0.271. The van der Waals surface area contributed by atoms with E-state index < -0.39 is 0 Å². The van der Waals surface area contributed by atoms with Gasteiger partial charge in [-0.15, -0.1) is 0 Å². The van der Waals surface area contributed by atoms with Crippen LogP contribution in [0.2, 0.25) is 0 Å². The van der Waals surface area contributed by atoms with E-state index in [1.165, 1.54) is 19.0 Å². The van der Waals surface area contributed by atoms with Crippen LogP contribution in [0.1, 0.15) is 53.3 Å². The van der Waals surface area contributed by atoms with Gasteiger partial charge in [0, 0.05) is 18.0 Å². The normalized spacial score (nSPS) is 14.2. The zero-order chi connectivity index (χ0) is 20.4. The molecule has 3 heterocycles. The average Bonchev–Trinajstić information content (AvgIpc) is 3.31. The molecule has 0 saturated heterocycles. The molecule has 0 aliphatic heterocycles. The SMILES string of the molecule is Cc1nc(C)n(-c2ncc(NC(=O)c3ccc(OC4CCCC4)nc3)cn2)c1C. The van der Waals surface area contributed by atoms with Gasteiger partial charge in [-0.1, -0.05) is 0 Å². The quantitative estimate of drug-likeness (QED) is 0.713. The van der Waals surface area contributed by atoms with Crippen molar-refractivity contribution in [3.8, 4) is 11.8 Å². The molecule has 1 saturated carbocycles. The summed E-state index contributed by atoms with van der Waals surface area (Å²) < 4.78 is 7.72. The van der Waals surface area contributed by atoms with Crippen LogP contribution >= 0.6 is 0 Å². The lowest BCUT2D eigenvalue weighted by Crippen LogP contribution is -2.15. The van der Waals surface area contributed by atoms with E-state index in [-0.39, 0.29) is 12.0 Å². The zero-order valence-corrected chi connectivity index (χ0v) is 16.8. The first-order valence-corrected chi connectivity index (χ1v) is 9.80. The number of nitrogens with one attached hydrogen (secondary N) is 1. The summed E-state index contributed by atoms with van der Waals surface area (Å²) in [5.41, 5.74) is 2.89. The molecule has 1 aliphatic carbocycles.